The molecule has 30 heavy (non-hydrogen) atoms. The van der Waals surface area contributed by atoms with Gasteiger partial charge in [-0.2, -0.15) is 0 Å². The van der Waals surface area contributed by atoms with E-state index in [1.165, 1.54) is 5.69 Å². The number of anilines is 2. The van der Waals surface area contributed by atoms with E-state index in [2.05, 4.69) is 32.5 Å². The summed E-state index contributed by atoms with van der Waals surface area (Å²) in [5.41, 5.74) is 3.69. The lowest BCUT2D eigenvalue weighted by atomic mass is 10.2. The van der Waals surface area contributed by atoms with E-state index in [4.69, 9.17) is 4.74 Å². The summed E-state index contributed by atoms with van der Waals surface area (Å²) in [7, 11) is 3.76. The molecule has 8 heteroatoms. The Labute approximate surface area is 176 Å². The molecule has 1 aliphatic heterocycles. The number of benzene rings is 2. The van der Waals surface area contributed by atoms with Crippen molar-refractivity contribution in [2.45, 2.75) is 6.92 Å². The maximum Gasteiger partial charge on any atom is 0.278 e. The van der Waals surface area contributed by atoms with Gasteiger partial charge < -0.3 is 19.9 Å². The molecule has 156 valence electrons. The molecule has 0 radical (unpaired) electrons. The molecule has 1 saturated heterocycles. The van der Waals surface area contributed by atoms with Crippen molar-refractivity contribution in [2.24, 2.45) is 0 Å². The van der Waals surface area contributed by atoms with Crippen LogP contribution in [-0.2, 0) is 0 Å². The molecule has 1 amide bonds. The fraction of sp³-hybridized carbons (Fsp3) is 0.318. The minimum atomic E-state index is -0.278. The van der Waals surface area contributed by atoms with Gasteiger partial charge in [-0.3, -0.25) is 4.79 Å². The Morgan fingerprint density at radius 2 is 1.60 bits per heavy atom. The molecule has 0 atom stereocenters. The molecular formula is C22H26N6O2. The number of rotatable bonds is 5. The third-order valence-corrected chi connectivity index (χ3v) is 5.42. The highest BCUT2D eigenvalue weighted by molar-refractivity contribution is 6.03. The van der Waals surface area contributed by atoms with Crippen LogP contribution in [0.4, 0.5) is 11.4 Å². The molecule has 8 nitrogen and oxygen atoms in total. The second kappa shape index (κ2) is 8.54. The van der Waals surface area contributed by atoms with Crippen molar-refractivity contribution >= 4 is 17.3 Å². The van der Waals surface area contributed by atoms with Crippen molar-refractivity contribution in [3.63, 3.8) is 0 Å². The van der Waals surface area contributed by atoms with Gasteiger partial charge in [-0.25, -0.2) is 4.68 Å². The number of piperazine rings is 1. The number of ether oxygens (including phenoxy) is 1. The van der Waals surface area contributed by atoms with Crippen molar-refractivity contribution in [2.75, 3.05) is 50.6 Å². The Morgan fingerprint density at radius 1 is 0.967 bits per heavy atom. The zero-order chi connectivity index (χ0) is 21.1. The van der Waals surface area contributed by atoms with Gasteiger partial charge in [0.15, 0.2) is 5.69 Å². The highest BCUT2D eigenvalue weighted by Crippen LogP contribution is 2.21. The standard InChI is InChI=1S/C22H26N6O2/c1-16-21(24-25-28(16)19-8-10-20(30-3)11-9-19)22(29)23-17-4-6-18(7-5-17)27-14-12-26(2)13-15-27/h4-11H,12-15H2,1-3H3,(H,23,29). The SMILES string of the molecule is COc1ccc(-n2nnc(C(=O)Nc3ccc(N4CCN(C)CC4)cc3)c2C)cc1. The predicted octanol–water partition coefficient (Wildman–Crippen LogP) is 2.59. The number of nitrogens with zero attached hydrogens (tertiary/aromatic N) is 5. The van der Waals surface area contributed by atoms with Crippen LogP contribution >= 0.6 is 0 Å². The van der Waals surface area contributed by atoms with Crippen molar-refractivity contribution < 1.29 is 9.53 Å². The molecule has 3 aromatic rings. The molecule has 0 unspecified atom stereocenters. The van der Waals surface area contributed by atoms with E-state index in [0.29, 0.717) is 11.4 Å². The van der Waals surface area contributed by atoms with E-state index < -0.39 is 0 Å². The minimum Gasteiger partial charge on any atom is -0.497 e. The van der Waals surface area contributed by atoms with Crippen LogP contribution in [0.15, 0.2) is 48.5 Å². The molecular weight excluding hydrogens is 380 g/mol. The third-order valence-electron chi connectivity index (χ3n) is 5.42. The largest absolute Gasteiger partial charge is 0.497 e. The number of carbonyl (C=O) groups excluding carboxylic acids is 1. The van der Waals surface area contributed by atoms with Gasteiger partial charge in [0.05, 0.1) is 18.5 Å². The number of hydrogen-bond acceptors (Lipinski definition) is 6. The molecule has 1 aliphatic rings. The van der Waals surface area contributed by atoms with Crippen molar-refractivity contribution in [1.29, 1.82) is 0 Å². The van der Waals surface area contributed by atoms with E-state index in [1.807, 2.05) is 55.5 Å². The lowest BCUT2D eigenvalue weighted by Gasteiger charge is -2.34. The van der Waals surface area contributed by atoms with Crippen LogP contribution in [0.5, 0.6) is 5.75 Å². The van der Waals surface area contributed by atoms with Gasteiger partial charge in [-0.05, 0) is 62.5 Å². The van der Waals surface area contributed by atoms with Crippen molar-refractivity contribution in [3.8, 4) is 11.4 Å². The minimum absolute atomic E-state index is 0.278. The smallest absolute Gasteiger partial charge is 0.278 e. The van der Waals surface area contributed by atoms with E-state index in [1.54, 1.807) is 11.8 Å². The quantitative estimate of drug-likeness (QED) is 0.702. The summed E-state index contributed by atoms with van der Waals surface area (Å²) in [6.45, 7) is 5.96. The number of carbonyl (C=O) groups is 1. The zero-order valence-corrected chi connectivity index (χ0v) is 17.5. The average Bonchev–Trinajstić information content (AvgIpc) is 3.16. The number of methoxy groups -OCH3 is 1. The topological polar surface area (TPSA) is 75.5 Å². The molecule has 0 spiro atoms. The summed E-state index contributed by atoms with van der Waals surface area (Å²) in [6, 6.07) is 15.4. The van der Waals surface area contributed by atoms with Gasteiger partial charge in [0.2, 0.25) is 0 Å². The number of nitrogens with one attached hydrogen (secondary N) is 1. The van der Waals surface area contributed by atoms with Crippen molar-refractivity contribution in [3.05, 3.63) is 59.9 Å². The van der Waals surface area contributed by atoms with E-state index in [9.17, 15) is 4.79 Å². The second-order valence-electron chi connectivity index (χ2n) is 7.42. The summed E-state index contributed by atoms with van der Waals surface area (Å²) in [5.74, 6) is 0.481. The molecule has 2 aromatic carbocycles. The van der Waals surface area contributed by atoms with Crippen LogP contribution < -0.4 is 15.0 Å². The summed E-state index contributed by atoms with van der Waals surface area (Å²) in [5, 5.41) is 11.1. The molecule has 0 saturated carbocycles. The Balaban J connectivity index is 1.44. The maximum atomic E-state index is 12.7. The first-order valence-corrected chi connectivity index (χ1v) is 9.97. The average molecular weight is 406 g/mol. The second-order valence-corrected chi connectivity index (χ2v) is 7.42. The van der Waals surface area contributed by atoms with Crippen molar-refractivity contribution in [1.82, 2.24) is 19.9 Å². The van der Waals surface area contributed by atoms with Gasteiger partial charge in [0, 0.05) is 37.6 Å². The first-order valence-electron chi connectivity index (χ1n) is 9.97. The van der Waals surface area contributed by atoms with Gasteiger partial charge in [-0.1, -0.05) is 5.21 Å². The van der Waals surface area contributed by atoms with Crippen LogP contribution in [0.1, 0.15) is 16.2 Å². The number of hydrogen-bond donors (Lipinski definition) is 1. The van der Waals surface area contributed by atoms with Crippen LogP contribution in [0, 0.1) is 6.92 Å². The lowest BCUT2D eigenvalue weighted by Crippen LogP contribution is -2.44. The van der Waals surface area contributed by atoms with Gasteiger partial charge in [0.25, 0.3) is 5.91 Å². The zero-order valence-electron chi connectivity index (χ0n) is 17.5. The number of likely N-dealkylation sites (N-methyl/N-ethyl adjacent to an activating group) is 1. The normalized spacial score (nSPS) is 14.6. The third kappa shape index (κ3) is 4.13. The molecule has 1 N–H and O–H groups in total. The fourth-order valence-corrected chi connectivity index (χ4v) is 3.52. The van der Waals surface area contributed by atoms with E-state index in [0.717, 1.165) is 43.3 Å². The molecule has 1 fully saturated rings. The Morgan fingerprint density at radius 3 is 2.23 bits per heavy atom. The predicted molar refractivity (Wildman–Crippen MR) is 117 cm³/mol. The highest BCUT2D eigenvalue weighted by Gasteiger charge is 2.18. The molecule has 1 aromatic heterocycles. The van der Waals surface area contributed by atoms with Crippen LogP contribution in [0.2, 0.25) is 0 Å². The number of amides is 1. The molecule has 0 aliphatic carbocycles. The molecule has 4 rings (SSSR count). The molecule has 0 bridgehead atoms. The number of aromatic nitrogens is 3. The maximum absolute atomic E-state index is 12.7. The van der Waals surface area contributed by atoms with Gasteiger partial charge in [-0.15, -0.1) is 5.10 Å². The van der Waals surface area contributed by atoms with Gasteiger partial charge in [0.1, 0.15) is 5.75 Å². The van der Waals surface area contributed by atoms with Crippen LogP contribution in [-0.4, -0.2) is 66.1 Å². The summed E-state index contributed by atoms with van der Waals surface area (Å²) in [4.78, 5) is 17.4. The monoisotopic (exact) mass is 406 g/mol. The Bertz CT molecular complexity index is 1010. The van der Waals surface area contributed by atoms with Gasteiger partial charge >= 0.3 is 0 Å². The van der Waals surface area contributed by atoms with E-state index in [-0.39, 0.29) is 5.91 Å². The van der Waals surface area contributed by atoms with Crippen LogP contribution in [0.25, 0.3) is 5.69 Å². The van der Waals surface area contributed by atoms with E-state index >= 15 is 0 Å². The first kappa shape index (κ1) is 19.9. The highest BCUT2D eigenvalue weighted by atomic mass is 16.5. The Kier molecular flexibility index (Phi) is 5.67. The first-order chi connectivity index (χ1) is 14.5. The summed E-state index contributed by atoms with van der Waals surface area (Å²) >= 11 is 0. The molecule has 2 heterocycles. The summed E-state index contributed by atoms with van der Waals surface area (Å²) < 4.78 is 6.83. The fourth-order valence-electron chi connectivity index (χ4n) is 3.52. The Hall–Kier alpha value is -3.39. The lowest BCUT2D eigenvalue weighted by molar-refractivity contribution is 0.102. The van der Waals surface area contributed by atoms with Crippen LogP contribution in [0.3, 0.4) is 0 Å². The summed E-state index contributed by atoms with van der Waals surface area (Å²) in [6.07, 6.45) is 0.